The normalized spacial score (nSPS) is 18.2. The van der Waals surface area contributed by atoms with E-state index >= 15 is 0 Å². The van der Waals surface area contributed by atoms with E-state index in [-0.39, 0.29) is 16.8 Å². The van der Waals surface area contributed by atoms with Gasteiger partial charge in [-0.15, -0.1) is 0 Å². The van der Waals surface area contributed by atoms with Crippen LogP contribution in [0.4, 0.5) is 5.69 Å². The summed E-state index contributed by atoms with van der Waals surface area (Å²) >= 11 is 7.25. The van der Waals surface area contributed by atoms with Crippen molar-refractivity contribution in [2.24, 2.45) is 4.99 Å². The number of carbonyl (C=O) groups excluding carboxylic acids is 1. The zero-order valence-corrected chi connectivity index (χ0v) is 13.7. The van der Waals surface area contributed by atoms with Crippen LogP contribution in [0.3, 0.4) is 0 Å². The van der Waals surface area contributed by atoms with Crippen LogP contribution in [0.25, 0.3) is 6.08 Å². The Kier molecular flexibility index (Phi) is 4.36. The van der Waals surface area contributed by atoms with Crippen molar-refractivity contribution in [3.05, 3.63) is 58.2 Å². The lowest BCUT2D eigenvalue weighted by Crippen LogP contribution is -2.23. The zero-order valence-electron chi connectivity index (χ0n) is 12.1. The van der Waals surface area contributed by atoms with Gasteiger partial charge in [-0.3, -0.25) is 9.69 Å². The molecule has 23 heavy (non-hydrogen) atoms. The Balaban J connectivity index is 1.93. The van der Waals surface area contributed by atoms with Crippen molar-refractivity contribution in [3.63, 3.8) is 0 Å². The van der Waals surface area contributed by atoms with Crippen LogP contribution in [-0.2, 0) is 4.79 Å². The number of hydrogen-bond donors (Lipinski definition) is 1. The number of halogens is 1. The molecule has 1 aromatic heterocycles. The molecule has 1 aromatic carbocycles. The molecule has 3 rings (SSSR count). The van der Waals surface area contributed by atoms with Gasteiger partial charge in [-0.1, -0.05) is 23.7 Å². The average molecular weight is 346 g/mol. The van der Waals surface area contributed by atoms with Gasteiger partial charge in [0.05, 0.1) is 4.91 Å². The highest BCUT2D eigenvalue weighted by Gasteiger charge is 2.30. The van der Waals surface area contributed by atoms with E-state index in [4.69, 9.17) is 11.6 Å². The Morgan fingerprint density at radius 1 is 1.35 bits per heavy atom. The summed E-state index contributed by atoms with van der Waals surface area (Å²) in [5.74, 6) is -0.00344. The molecule has 0 unspecified atom stereocenters. The van der Waals surface area contributed by atoms with Crippen molar-refractivity contribution in [1.82, 2.24) is 9.88 Å². The number of nitrogens with zero attached hydrogens (tertiary/aromatic N) is 3. The zero-order chi connectivity index (χ0) is 16.4. The first-order valence-corrected chi connectivity index (χ1v) is 7.90. The predicted octanol–water partition coefficient (Wildman–Crippen LogP) is 3.67. The smallest absolute Gasteiger partial charge is 0.266 e. The van der Waals surface area contributed by atoms with Gasteiger partial charge < -0.3 is 5.11 Å². The van der Waals surface area contributed by atoms with Gasteiger partial charge in [0.1, 0.15) is 11.4 Å². The fraction of sp³-hybridized carbons (Fsp3) is 0.0625. The maximum atomic E-state index is 12.3. The highest BCUT2D eigenvalue weighted by atomic mass is 35.5. The van der Waals surface area contributed by atoms with Gasteiger partial charge >= 0.3 is 0 Å². The van der Waals surface area contributed by atoms with Crippen LogP contribution < -0.4 is 0 Å². The van der Waals surface area contributed by atoms with Crippen LogP contribution in [0.1, 0.15) is 5.56 Å². The van der Waals surface area contributed by atoms with E-state index in [0.717, 1.165) is 5.56 Å². The Morgan fingerprint density at radius 3 is 2.91 bits per heavy atom. The molecule has 2 aromatic rings. The number of thioether (sulfide) groups is 1. The lowest BCUT2D eigenvalue weighted by molar-refractivity contribution is -0.121. The molecule has 0 spiro atoms. The molecular formula is C16H12ClN3O2S. The standard InChI is InChI=1S/C16H12ClN3O2S/c1-20-15(22)13(9-10-4-2-5-11(21)8-10)23-16(20)19-12-6-3-7-18-14(12)17/h2-9,21H,1H3/b13-9-,19-16?. The number of aromatic nitrogens is 1. The third kappa shape index (κ3) is 3.38. The third-order valence-electron chi connectivity index (χ3n) is 3.13. The maximum absolute atomic E-state index is 12.3. The summed E-state index contributed by atoms with van der Waals surface area (Å²) < 4.78 is 0. The van der Waals surface area contributed by atoms with Crippen LogP contribution in [0.2, 0.25) is 5.15 Å². The molecule has 116 valence electrons. The summed E-state index contributed by atoms with van der Waals surface area (Å²) in [5, 5.41) is 10.3. The molecule has 7 heteroatoms. The van der Waals surface area contributed by atoms with Crippen LogP contribution in [0, 0.1) is 0 Å². The minimum Gasteiger partial charge on any atom is -0.508 e. The lowest BCUT2D eigenvalue weighted by Gasteiger charge is -2.07. The van der Waals surface area contributed by atoms with E-state index in [2.05, 4.69) is 9.98 Å². The number of rotatable bonds is 2. The second kappa shape index (κ2) is 6.44. The minimum atomic E-state index is -0.155. The molecule has 0 aliphatic carbocycles. The van der Waals surface area contributed by atoms with Gasteiger partial charge in [-0.05, 0) is 47.7 Å². The quantitative estimate of drug-likeness (QED) is 0.666. The number of carbonyl (C=O) groups is 1. The number of phenolic OH excluding ortho intramolecular Hbond substituents is 1. The number of pyridine rings is 1. The van der Waals surface area contributed by atoms with Crippen LogP contribution in [0.5, 0.6) is 5.75 Å². The number of likely N-dealkylation sites (N-methyl/N-ethyl adjacent to an activating group) is 1. The van der Waals surface area contributed by atoms with E-state index in [0.29, 0.717) is 15.8 Å². The second-order valence-electron chi connectivity index (χ2n) is 4.78. The summed E-state index contributed by atoms with van der Waals surface area (Å²) in [6.07, 6.45) is 3.30. The summed E-state index contributed by atoms with van der Waals surface area (Å²) in [6, 6.07) is 10.2. The minimum absolute atomic E-state index is 0.152. The summed E-state index contributed by atoms with van der Waals surface area (Å²) in [4.78, 5) is 22.7. The molecule has 1 N–H and O–H groups in total. The number of amidine groups is 1. The molecule has 0 atom stereocenters. The summed E-state index contributed by atoms with van der Waals surface area (Å²) in [7, 11) is 1.65. The molecular weight excluding hydrogens is 334 g/mol. The first-order chi connectivity index (χ1) is 11.0. The number of hydrogen-bond acceptors (Lipinski definition) is 5. The molecule has 0 saturated carbocycles. The highest BCUT2D eigenvalue weighted by Crippen LogP contribution is 2.34. The fourth-order valence-electron chi connectivity index (χ4n) is 1.98. The number of phenols is 1. The van der Waals surface area contributed by atoms with Crippen molar-refractivity contribution in [2.45, 2.75) is 0 Å². The van der Waals surface area contributed by atoms with E-state index < -0.39 is 0 Å². The topological polar surface area (TPSA) is 65.8 Å². The predicted molar refractivity (Wildman–Crippen MR) is 92.8 cm³/mol. The van der Waals surface area contributed by atoms with E-state index in [1.807, 2.05) is 6.07 Å². The molecule has 0 bridgehead atoms. The Labute approximate surface area is 142 Å². The first-order valence-electron chi connectivity index (χ1n) is 6.70. The molecule has 2 heterocycles. The highest BCUT2D eigenvalue weighted by molar-refractivity contribution is 8.18. The van der Waals surface area contributed by atoms with Crippen molar-refractivity contribution in [1.29, 1.82) is 0 Å². The average Bonchev–Trinajstić information content (AvgIpc) is 2.78. The second-order valence-corrected chi connectivity index (χ2v) is 6.14. The largest absolute Gasteiger partial charge is 0.508 e. The lowest BCUT2D eigenvalue weighted by atomic mass is 10.2. The molecule has 1 fully saturated rings. The molecule has 1 aliphatic rings. The van der Waals surface area contributed by atoms with Gasteiger partial charge in [0.25, 0.3) is 5.91 Å². The Hall–Kier alpha value is -2.31. The third-order valence-corrected chi connectivity index (χ3v) is 4.48. The van der Waals surface area contributed by atoms with Gasteiger partial charge in [-0.2, -0.15) is 0 Å². The molecule has 1 saturated heterocycles. The Morgan fingerprint density at radius 2 is 2.17 bits per heavy atom. The van der Waals surface area contributed by atoms with Gasteiger partial charge in [0.2, 0.25) is 0 Å². The van der Waals surface area contributed by atoms with Crippen LogP contribution in [-0.4, -0.2) is 33.1 Å². The van der Waals surface area contributed by atoms with E-state index in [1.165, 1.54) is 16.7 Å². The van der Waals surface area contributed by atoms with Crippen molar-refractivity contribution in [2.75, 3.05) is 7.05 Å². The SMILES string of the molecule is CN1C(=O)/C(=C/c2cccc(O)c2)SC1=Nc1cccnc1Cl. The summed E-state index contributed by atoms with van der Waals surface area (Å²) in [6.45, 7) is 0. The van der Waals surface area contributed by atoms with Crippen molar-refractivity contribution >= 4 is 46.2 Å². The van der Waals surface area contributed by atoms with Gasteiger partial charge in [0.15, 0.2) is 10.3 Å². The number of benzene rings is 1. The van der Waals surface area contributed by atoms with E-state index in [1.54, 1.807) is 49.7 Å². The van der Waals surface area contributed by atoms with E-state index in [9.17, 15) is 9.90 Å². The number of aliphatic imine (C=N–C) groups is 1. The van der Waals surface area contributed by atoms with Crippen LogP contribution in [0.15, 0.2) is 52.5 Å². The number of amides is 1. The monoisotopic (exact) mass is 345 g/mol. The summed E-state index contributed by atoms with van der Waals surface area (Å²) in [5.41, 5.74) is 1.25. The maximum Gasteiger partial charge on any atom is 0.266 e. The Bertz CT molecular complexity index is 836. The van der Waals surface area contributed by atoms with Gasteiger partial charge in [0, 0.05) is 13.2 Å². The van der Waals surface area contributed by atoms with Crippen molar-refractivity contribution < 1.29 is 9.90 Å². The van der Waals surface area contributed by atoms with Gasteiger partial charge in [-0.25, -0.2) is 9.98 Å². The fourth-order valence-corrected chi connectivity index (χ4v) is 3.12. The van der Waals surface area contributed by atoms with Crippen molar-refractivity contribution in [3.8, 4) is 5.75 Å². The molecule has 5 nitrogen and oxygen atoms in total. The molecule has 1 aliphatic heterocycles. The van der Waals surface area contributed by atoms with Crippen LogP contribution >= 0.6 is 23.4 Å². The molecule has 1 amide bonds. The molecule has 0 radical (unpaired) electrons. The number of aromatic hydroxyl groups is 1. The first kappa shape index (κ1) is 15.6.